The van der Waals surface area contributed by atoms with Crippen LogP contribution >= 0.6 is 0 Å². The molecule has 1 fully saturated rings. The van der Waals surface area contributed by atoms with E-state index in [0.29, 0.717) is 31.2 Å². The second-order valence-corrected chi connectivity index (χ2v) is 6.85. The molecule has 1 heterocycles. The van der Waals surface area contributed by atoms with Crippen molar-refractivity contribution in [3.05, 3.63) is 24.3 Å². The molecule has 1 aromatic carbocycles. The number of amides is 1. The summed E-state index contributed by atoms with van der Waals surface area (Å²) in [6.45, 7) is 5.02. The van der Waals surface area contributed by atoms with Crippen molar-refractivity contribution in [1.29, 1.82) is 0 Å². The fourth-order valence-electron chi connectivity index (χ4n) is 3.19. The van der Waals surface area contributed by atoms with Gasteiger partial charge < -0.3 is 19.5 Å². The molecule has 1 amide bonds. The van der Waals surface area contributed by atoms with Crippen molar-refractivity contribution in [3.63, 3.8) is 0 Å². The van der Waals surface area contributed by atoms with Gasteiger partial charge in [-0.1, -0.05) is 12.1 Å². The standard InChI is InChI=1S/C19H26N2O5/c1-3-20(10-15-12-25-16-6-4-5-7-17(16)26-15)18(22)11-21(14-8-9-14)13(2)19(23)24/h4-7,13-15H,3,8-12H2,1-2H3,(H,23,24). The van der Waals surface area contributed by atoms with E-state index in [4.69, 9.17) is 9.47 Å². The van der Waals surface area contributed by atoms with E-state index >= 15 is 0 Å². The molecule has 7 nitrogen and oxygen atoms in total. The molecule has 1 aliphatic heterocycles. The number of carbonyl (C=O) groups is 2. The molecule has 3 rings (SSSR count). The van der Waals surface area contributed by atoms with E-state index in [2.05, 4.69) is 0 Å². The Morgan fingerprint density at radius 3 is 2.58 bits per heavy atom. The highest BCUT2D eigenvalue weighted by Gasteiger charge is 2.37. The Balaban J connectivity index is 1.59. The highest BCUT2D eigenvalue weighted by atomic mass is 16.6. The molecular formula is C19H26N2O5. The molecule has 0 radical (unpaired) electrons. The zero-order valence-corrected chi connectivity index (χ0v) is 15.3. The minimum atomic E-state index is -0.895. The maximum atomic E-state index is 12.8. The van der Waals surface area contributed by atoms with Gasteiger partial charge in [0.15, 0.2) is 17.6 Å². The van der Waals surface area contributed by atoms with Gasteiger partial charge in [0.1, 0.15) is 12.6 Å². The number of ether oxygens (including phenoxy) is 2. The van der Waals surface area contributed by atoms with Gasteiger partial charge in [-0.2, -0.15) is 0 Å². The number of nitrogens with zero attached hydrogens (tertiary/aromatic N) is 2. The van der Waals surface area contributed by atoms with Gasteiger partial charge in [0.05, 0.1) is 13.1 Å². The molecule has 0 spiro atoms. The van der Waals surface area contributed by atoms with Crippen LogP contribution in [0.1, 0.15) is 26.7 Å². The lowest BCUT2D eigenvalue weighted by molar-refractivity contribution is -0.144. The van der Waals surface area contributed by atoms with Crippen LogP contribution in [0.4, 0.5) is 0 Å². The third kappa shape index (κ3) is 4.27. The Kier molecular flexibility index (Phi) is 5.66. The average Bonchev–Trinajstić information content (AvgIpc) is 3.48. The van der Waals surface area contributed by atoms with Crippen molar-refractivity contribution in [2.45, 2.75) is 44.9 Å². The number of rotatable bonds is 8. The summed E-state index contributed by atoms with van der Waals surface area (Å²) in [7, 11) is 0. The summed E-state index contributed by atoms with van der Waals surface area (Å²) in [5.41, 5.74) is 0. The third-order valence-corrected chi connectivity index (χ3v) is 4.91. The minimum absolute atomic E-state index is 0.0741. The zero-order valence-electron chi connectivity index (χ0n) is 15.3. The summed E-state index contributed by atoms with van der Waals surface area (Å²) in [6.07, 6.45) is 1.67. The SMILES string of the molecule is CCN(CC1COc2ccccc2O1)C(=O)CN(C1CC1)C(C)C(=O)O. The normalized spacial score (nSPS) is 19.9. The number of benzene rings is 1. The van der Waals surface area contributed by atoms with Gasteiger partial charge in [-0.05, 0) is 38.8 Å². The molecule has 0 aromatic heterocycles. The summed E-state index contributed by atoms with van der Waals surface area (Å²) in [5.74, 6) is 0.433. The first kappa shape index (κ1) is 18.5. The van der Waals surface area contributed by atoms with Crippen LogP contribution in [0.2, 0.25) is 0 Å². The van der Waals surface area contributed by atoms with Crippen LogP contribution < -0.4 is 9.47 Å². The largest absolute Gasteiger partial charge is 0.486 e. The molecule has 1 aliphatic carbocycles. The Morgan fingerprint density at radius 1 is 1.27 bits per heavy atom. The number of fused-ring (bicyclic) bond motifs is 1. The molecule has 1 aromatic rings. The number of hydrogen-bond donors (Lipinski definition) is 1. The molecule has 0 saturated heterocycles. The number of hydrogen-bond acceptors (Lipinski definition) is 5. The second-order valence-electron chi connectivity index (χ2n) is 6.85. The predicted octanol–water partition coefficient (Wildman–Crippen LogP) is 1.61. The van der Waals surface area contributed by atoms with E-state index in [0.717, 1.165) is 12.8 Å². The van der Waals surface area contributed by atoms with Gasteiger partial charge in [0.25, 0.3) is 0 Å². The number of carboxylic acids is 1. The third-order valence-electron chi connectivity index (χ3n) is 4.91. The molecule has 7 heteroatoms. The van der Waals surface area contributed by atoms with E-state index in [1.165, 1.54) is 0 Å². The molecule has 1 saturated carbocycles. The first-order chi connectivity index (χ1) is 12.5. The highest BCUT2D eigenvalue weighted by Crippen LogP contribution is 2.31. The lowest BCUT2D eigenvalue weighted by atomic mass is 10.2. The Hall–Kier alpha value is -2.28. The van der Waals surface area contributed by atoms with Crippen LogP contribution in [0.3, 0.4) is 0 Å². The first-order valence-corrected chi connectivity index (χ1v) is 9.14. The van der Waals surface area contributed by atoms with Crippen molar-refractivity contribution >= 4 is 11.9 Å². The Morgan fingerprint density at radius 2 is 1.96 bits per heavy atom. The number of aliphatic carboxylic acids is 1. The van der Waals surface area contributed by atoms with Crippen LogP contribution in [0, 0.1) is 0 Å². The van der Waals surface area contributed by atoms with Crippen LogP contribution in [0.15, 0.2) is 24.3 Å². The fraction of sp³-hybridized carbons (Fsp3) is 0.579. The van der Waals surface area contributed by atoms with Crippen LogP contribution in [-0.2, 0) is 9.59 Å². The molecule has 2 unspecified atom stereocenters. The van der Waals surface area contributed by atoms with Crippen molar-refractivity contribution in [3.8, 4) is 11.5 Å². The maximum Gasteiger partial charge on any atom is 0.320 e. The number of likely N-dealkylation sites (N-methyl/N-ethyl adjacent to an activating group) is 1. The highest BCUT2D eigenvalue weighted by molar-refractivity contribution is 5.80. The molecule has 1 N–H and O–H groups in total. The van der Waals surface area contributed by atoms with E-state index in [9.17, 15) is 14.7 Å². The minimum Gasteiger partial charge on any atom is -0.486 e. The smallest absolute Gasteiger partial charge is 0.320 e. The lowest BCUT2D eigenvalue weighted by Crippen LogP contribution is -2.50. The average molecular weight is 362 g/mol. The van der Waals surface area contributed by atoms with E-state index in [-0.39, 0.29) is 24.6 Å². The molecule has 0 bridgehead atoms. The van der Waals surface area contributed by atoms with Gasteiger partial charge in [-0.3, -0.25) is 14.5 Å². The number of carboxylic acid groups (broad SMARTS) is 1. The second kappa shape index (κ2) is 7.95. The van der Waals surface area contributed by atoms with E-state index in [1.807, 2.05) is 31.2 Å². The molecular weight excluding hydrogens is 336 g/mol. The van der Waals surface area contributed by atoms with Gasteiger partial charge >= 0.3 is 5.97 Å². The predicted molar refractivity (Wildman–Crippen MR) is 95.4 cm³/mol. The van der Waals surface area contributed by atoms with Crippen LogP contribution in [0.25, 0.3) is 0 Å². The molecule has 26 heavy (non-hydrogen) atoms. The van der Waals surface area contributed by atoms with Crippen molar-refractivity contribution in [2.75, 3.05) is 26.2 Å². The van der Waals surface area contributed by atoms with Crippen LogP contribution in [0.5, 0.6) is 11.5 Å². The molecule has 142 valence electrons. The van der Waals surface area contributed by atoms with Crippen molar-refractivity contribution in [2.24, 2.45) is 0 Å². The summed E-state index contributed by atoms with van der Waals surface area (Å²) < 4.78 is 11.6. The molecule has 2 atom stereocenters. The summed E-state index contributed by atoms with van der Waals surface area (Å²) in [6, 6.07) is 7.02. The van der Waals surface area contributed by atoms with Gasteiger partial charge in [-0.15, -0.1) is 0 Å². The topological polar surface area (TPSA) is 79.3 Å². The number of carbonyl (C=O) groups excluding carboxylic acids is 1. The summed E-state index contributed by atoms with van der Waals surface area (Å²) >= 11 is 0. The van der Waals surface area contributed by atoms with Gasteiger partial charge in [-0.25, -0.2) is 0 Å². The summed E-state index contributed by atoms with van der Waals surface area (Å²) in [5, 5.41) is 9.29. The van der Waals surface area contributed by atoms with Crippen molar-refractivity contribution < 1.29 is 24.2 Å². The van der Waals surface area contributed by atoms with Gasteiger partial charge in [0.2, 0.25) is 5.91 Å². The lowest BCUT2D eigenvalue weighted by Gasteiger charge is -2.33. The number of para-hydroxylation sites is 2. The quantitative estimate of drug-likeness (QED) is 0.757. The zero-order chi connectivity index (χ0) is 18.7. The van der Waals surface area contributed by atoms with E-state index < -0.39 is 12.0 Å². The Bertz CT molecular complexity index is 661. The monoisotopic (exact) mass is 362 g/mol. The molecule has 2 aliphatic rings. The van der Waals surface area contributed by atoms with Crippen molar-refractivity contribution in [1.82, 2.24) is 9.80 Å². The van der Waals surface area contributed by atoms with Gasteiger partial charge in [0, 0.05) is 12.6 Å². The van der Waals surface area contributed by atoms with E-state index in [1.54, 1.807) is 16.7 Å². The first-order valence-electron chi connectivity index (χ1n) is 9.14. The summed E-state index contributed by atoms with van der Waals surface area (Å²) in [4.78, 5) is 27.6. The fourth-order valence-corrected chi connectivity index (χ4v) is 3.19. The maximum absolute atomic E-state index is 12.8. The van der Waals surface area contributed by atoms with Crippen LogP contribution in [-0.4, -0.2) is 71.2 Å². The Labute approximate surface area is 153 Å².